The largest absolute Gasteiger partial charge is 0.480 e. The molecule has 0 aliphatic rings. The summed E-state index contributed by atoms with van der Waals surface area (Å²) in [7, 11) is 3.19. The number of nitrogens with zero attached hydrogens (tertiary/aromatic N) is 3. The van der Waals surface area contributed by atoms with Crippen LogP contribution in [0.2, 0.25) is 5.02 Å². The Morgan fingerprint density at radius 2 is 1.85 bits per heavy atom. The van der Waals surface area contributed by atoms with Crippen LogP contribution in [-0.4, -0.2) is 47.6 Å². The van der Waals surface area contributed by atoms with E-state index in [9.17, 15) is 9.00 Å². The highest BCUT2D eigenvalue weighted by molar-refractivity contribution is 7.85. The maximum Gasteiger partial charge on any atom is 0.278 e. The highest BCUT2D eigenvalue weighted by Gasteiger charge is 2.19. The number of rotatable bonds is 9. The minimum atomic E-state index is -1.33. The van der Waals surface area contributed by atoms with Crippen LogP contribution in [0.3, 0.4) is 0 Å². The number of carbonyl (C=O) groups excluding carboxylic acids is 1. The molecule has 12 heteroatoms. The molecule has 0 aliphatic carbocycles. The standard InChI is InChI=1S/C21H23ClN6O4S/c1-28(33(4)30)19-14(22)7-5-8-15(19)25-17-11-18(24-12-13(17)20(29)27-32-3)26-16-9-6-10-23-21(16)31-2/h5-12H,1-4H3,(H,27,29)(H2,24,25,26). The van der Waals surface area contributed by atoms with Gasteiger partial charge in [0.2, 0.25) is 5.88 Å². The van der Waals surface area contributed by atoms with Crippen molar-refractivity contribution in [1.82, 2.24) is 15.4 Å². The van der Waals surface area contributed by atoms with E-state index in [4.69, 9.17) is 21.2 Å². The molecule has 174 valence electrons. The molecule has 0 radical (unpaired) electrons. The lowest BCUT2D eigenvalue weighted by Crippen LogP contribution is -2.23. The van der Waals surface area contributed by atoms with E-state index >= 15 is 0 Å². The minimum absolute atomic E-state index is 0.215. The first-order valence-corrected chi connectivity index (χ1v) is 11.5. The Hall–Kier alpha value is -3.41. The van der Waals surface area contributed by atoms with Crippen LogP contribution in [0.25, 0.3) is 0 Å². The number of ether oxygens (including phenoxy) is 1. The lowest BCUT2D eigenvalue weighted by molar-refractivity contribution is 0.0538. The quantitative estimate of drug-likeness (QED) is 0.389. The summed E-state index contributed by atoms with van der Waals surface area (Å²) < 4.78 is 18.9. The van der Waals surface area contributed by atoms with Crippen LogP contribution >= 0.6 is 11.6 Å². The van der Waals surface area contributed by atoms with Crippen molar-refractivity contribution in [3.8, 4) is 5.88 Å². The summed E-state index contributed by atoms with van der Waals surface area (Å²) >= 11 is 6.40. The summed E-state index contributed by atoms with van der Waals surface area (Å²) in [5, 5.41) is 6.73. The van der Waals surface area contributed by atoms with Gasteiger partial charge in [-0.05, 0) is 24.3 Å². The van der Waals surface area contributed by atoms with E-state index < -0.39 is 16.9 Å². The zero-order valence-electron chi connectivity index (χ0n) is 18.4. The van der Waals surface area contributed by atoms with Crippen molar-refractivity contribution in [3.63, 3.8) is 0 Å². The molecular weight excluding hydrogens is 468 g/mol. The second kappa shape index (κ2) is 10.9. The van der Waals surface area contributed by atoms with Crippen LogP contribution in [0.1, 0.15) is 10.4 Å². The first-order chi connectivity index (χ1) is 15.8. The second-order valence-electron chi connectivity index (χ2n) is 6.62. The third-order valence-electron chi connectivity index (χ3n) is 4.53. The summed E-state index contributed by atoms with van der Waals surface area (Å²) in [5.41, 5.74) is 4.56. The minimum Gasteiger partial charge on any atom is -0.480 e. The highest BCUT2D eigenvalue weighted by Crippen LogP contribution is 2.37. The maximum absolute atomic E-state index is 12.6. The van der Waals surface area contributed by atoms with Crippen molar-refractivity contribution in [1.29, 1.82) is 0 Å². The average molecular weight is 491 g/mol. The van der Waals surface area contributed by atoms with Gasteiger partial charge in [0.25, 0.3) is 5.91 Å². The van der Waals surface area contributed by atoms with Gasteiger partial charge in [-0.2, -0.15) is 0 Å². The molecule has 1 atom stereocenters. The van der Waals surface area contributed by atoms with Crippen LogP contribution in [0.5, 0.6) is 5.88 Å². The van der Waals surface area contributed by atoms with Crippen molar-refractivity contribution in [2.24, 2.45) is 0 Å². The Kier molecular flexibility index (Phi) is 8.04. The zero-order valence-corrected chi connectivity index (χ0v) is 20.0. The van der Waals surface area contributed by atoms with Gasteiger partial charge < -0.3 is 15.4 Å². The third-order valence-corrected chi connectivity index (χ3v) is 5.79. The first kappa shape index (κ1) is 24.2. The van der Waals surface area contributed by atoms with E-state index in [1.54, 1.807) is 55.9 Å². The Morgan fingerprint density at radius 1 is 1.09 bits per heavy atom. The molecule has 2 aromatic heterocycles. The first-order valence-electron chi connectivity index (χ1n) is 9.58. The molecular formula is C21H23ClN6O4S. The number of hydrogen-bond donors (Lipinski definition) is 3. The average Bonchev–Trinajstić information content (AvgIpc) is 2.79. The summed E-state index contributed by atoms with van der Waals surface area (Å²) in [4.78, 5) is 25.8. The fraction of sp³-hybridized carbons (Fsp3) is 0.190. The molecule has 3 N–H and O–H groups in total. The molecule has 1 amide bonds. The lowest BCUT2D eigenvalue weighted by Gasteiger charge is -2.22. The molecule has 2 heterocycles. The number of anilines is 5. The number of nitrogens with one attached hydrogen (secondary N) is 3. The Labute approximate surface area is 198 Å². The zero-order chi connectivity index (χ0) is 24.0. The molecule has 0 saturated heterocycles. The molecule has 3 rings (SSSR count). The van der Waals surface area contributed by atoms with Gasteiger partial charge in [-0.25, -0.2) is 19.7 Å². The predicted octanol–water partition coefficient (Wildman–Crippen LogP) is 3.65. The summed E-state index contributed by atoms with van der Waals surface area (Å²) in [6.45, 7) is 0. The summed E-state index contributed by atoms with van der Waals surface area (Å²) in [6, 6.07) is 10.4. The number of amides is 1. The van der Waals surface area contributed by atoms with Crippen molar-refractivity contribution in [2.45, 2.75) is 0 Å². The topological polar surface area (TPSA) is 118 Å². The Bertz CT molecular complexity index is 1180. The molecule has 0 saturated carbocycles. The maximum atomic E-state index is 12.6. The van der Waals surface area contributed by atoms with E-state index in [0.29, 0.717) is 39.5 Å². The number of halogens is 1. The van der Waals surface area contributed by atoms with Crippen LogP contribution in [0.4, 0.5) is 28.6 Å². The Balaban J connectivity index is 2.06. The summed E-state index contributed by atoms with van der Waals surface area (Å²) in [5.74, 6) is 0.307. The molecule has 10 nitrogen and oxygen atoms in total. The molecule has 1 unspecified atom stereocenters. The van der Waals surface area contributed by atoms with Gasteiger partial charge in [0.15, 0.2) is 0 Å². The van der Waals surface area contributed by atoms with Gasteiger partial charge >= 0.3 is 0 Å². The number of para-hydroxylation sites is 1. The molecule has 0 bridgehead atoms. The van der Waals surface area contributed by atoms with E-state index in [0.717, 1.165) is 0 Å². The molecule has 3 aromatic rings. The summed E-state index contributed by atoms with van der Waals surface area (Å²) in [6.07, 6.45) is 4.55. The van der Waals surface area contributed by atoms with Gasteiger partial charge in [0.05, 0.1) is 41.9 Å². The third kappa shape index (κ3) is 5.69. The molecule has 0 fully saturated rings. The van der Waals surface area contributed by atoms with Crippen molar-refractivity contribution in [3.05, 3.63) is 59.4 Å². The van der Waals surface area contributed by atoms with Crippen LogP contribution in [0, 0.1) is 0 Å². The number of carbonyl (C=O) groups is 1. The van der Waals surface area contributed by atoms with Crippen LogP contribution < -0.4 is 25.2 Å². The van der Waals surface area contributed by atoms with E-state index in [2.05, 4.69) is 26.1 Å². The fourth-order valence-electron chi connectivity index (χ4n) is 2.95. The number of benzene rings is 1. The lowest BCUT2D eigenvalue weighted by atomic mass is 10.2. The number of hydrogen-bond acceptors (Lipinski definition) is 8. The van der Waals surface area contributed by atoms with Crippen molar-refractivity contribution < 1.29 is 18.6 Å². The van der Waals surface area contributed by atoms with Gasteiger partial charge in [0.1, 0.15) is 22.5 Å². The van der Waals surface area contributed by atoms with Crippen molar-refractivity contribution in [2.75, 3.05) is 42.5 Å². The van der Waals surface area contributed by atoms with Crippen LogP contribution in [0.15, 0.2) is 48.8 Å². The number of aromatic nitrogens is 2. The molecule has 0 aliphatic heterocycles. The Morgan fingerprint density at radius 3 is 2.55 bits per heavy atom. The normalized spacial score (nSPS) is 11.4. The van der Waals surface area contributed by atoms with E-state index in [1.165, 1.54) is 24.7 Å². The fourth-order valence-corrected chi connectivity index (χ4v) is 3.76. The monoisotopic (exact) mass is 490 g/mol. The number of pyridine rings is 2. The predicted molar refractivity (Wildman–Crippen MR) is 130 cm³/mol. The molecule has 0 spiro atoms. The van der Waals surface area contributed by atoms with Gasteiger partial charge in [-0.15, -0.1) is 0 Å². The number of methoxy groups -OCH3 is 1. The van der Waals surface area contributed by atoms with Gasteiger partial charge in [-0.3, -0.25) is 13.9 Å². The van der Waals surface area contributed by atoms with E-state index in [1.807, 2.05) is 0 Å². The number of hydroxylamine groups is 1. The highest BCUT2D eigenvalue weighted by atomic mass is 35.5. The SMILES string of the molecule is CONC(=O)c1cnc(Nc2cccnc2OC)cc1Nc1cccc(Cl)c1N(C)S(C)=O. The second-order valence-corrected chi connectivity index (χ2v) is 8.42. The van der Waals surface area contributed by atoms with Gasteiger partial charge in [0, 0.05) is 31.8 Å². The molecule has 1 aromatic carbocycles. The van der Waals surface area contributed by atoms with E-state index in [-0.39, 0.29) is 5.56 Å². The smallest absolute Gasteiger partial charge is 0.278 e. The van der Waals surface area contributed by atoms with Crippen LogP contribution in [-0.2, 0) is 15.8 Å². The molecule has 33 heavy (non-hydrogen) atoms. The van der Waals surface area contributed by atoms with Crippen molar-refractivity contribution >= 4 is 57.1 Å². The van der Waals surface area contributed by atoms with Gasteiger partial charge in [-0.1, -0.05) is 17.7 Å².